The van der Waals surface area contributed by atoms with E-state index in [1.54, 1.807) is 19.1 Å². The monoisotopic (exact) mass is 606 g/mol. The molecule has 2 aliphatic rings. The van der Waals surface area contributed by atoms with Crippen molar-refractivity contribution in [2.24, 2.45) is 0 Å². The van der Waals surface area contributed by atoms with Crippen LogP contribution in [0, 0.1) is 0 Å². The molecule has 6 nitrogen and oxygen atoms in total. The van der Waals surface area contributed by atoms with Gasteiger partial charge in [-0.3, -0.25) is 4.79 Å². The highest BCUT2D eigenvalue weighted by molar-refractivity contribution is 5.94. The average molecular weight is 607 g/mol. The Kier molecular flexibility index (Phi) is 9.46. The van der Waals surface area contributed by atoms with Gasteiger partial charge in [-0.05, 0) is 73.0 Å². The van der Waals surface area contributed by atoms with E-state index in [-0.39, 0.29) is 23.7 Å². The van der Waals surface area contributed by atoms with Crippen molar-refractivity contribution in [1.29, 1.82) is 0 Å². The maximum Gasteiger partial charge on any atom is 0.573 e. The van der Waals surface area contributed by atoms with Crippen molar-refractivity contribution < 1.29 is 35.9 Å². The second kappa shape index (κ2) is 12.9. The minimum absolute atomic E-state index is 0.0460. The number of carbonyl (C=O) groups excluding carboxylic acids is 1. The topological polar surface area (TPSA) is 48.1 Å². The Bertz CT molecular complexity index is 1400. The Morgan fingerprint density at radius 2 is 1.44 bits per heavy atom. The molecule has 230 valence electrons. The van der Waals surface area contributed by atoms with Crippen molar-refractivity contribution in [2.75, 3.05) is 36.0 Å². The van der Waals surface area contributed by atoms with E-state index in [1.165, 1.54) is 23.2 Å². The second-order valence-corrected chi connectivity index (χ2v) is 10.1. The number of alkyl halides is 6. The summed E-state index contributed by atoms with van der Waals surface area (Å²) in [5, 5.41) is 2.86. The van der Waals surface area contributed by atoms with Crippen molar-refractivity contribution in [1.82, 2.24) is 10.2 Å². The maximum atomic E-state index is 13.2. The summed E-state index contributed by atoms with van der Waals surface area (Å²) in [6.07, 6.45) is -5.67. The number of nitrogens with one attached hydrogen (secondary N) is 1. The molecule has 0 radical (unpaired) electrons. The smallest absolute Gasteiger partial charge is 0.406 e. The lowest BCUT2D eigenvalue weighted by Gasteiger charge is -2.37. The largest absolute Gasteiger partial charge is 0.573 e. The molecule has 2 aromatic carbocycles. The van der Waals surface area contributed by atoms with Gasteiger partial charge in [-0.15, -0.1) is 13.2 Å². The van der Waals surface area contributed by atoms with Crippen molar-refractivity contribution in [3.05, 3.63) is 102 Å². The molecule has 0 aliphatic carbocycles. The Morgan fingerprint density at radius 1 is 0.907 bits per heavy atom. The van der Waals surface area contributed by atoms with E-state index in [1.807, 2.05) is 31.2 Å². The number of nitrogens with zero attached hydrogens (tertiary/aromatic N) is 3. The van der Waals surface area contributed by atoms with E-state index >= 15 is 0 Å². The fourth-order valence-corrected chi connectivity index (χ4v) is 4.79. The molecule has 1 saturated heterocycles. The summed E-state index contributed by atoms with van der Waals surface area (Å²) in [7, 11) is 0. The molecule has 1 N–H and O–H groups in total. The molecule has 0 atom stereocenters. The first-order chi connectivity index (χ1) is 20.2. The van der Waals surface area contributed by atoms with Crippen LogP contribution in [-0.2, 0) is 11.3 Å². The van der Waals surface area contributed by atoms with Gasteiger partial charge >= 0.3 is 12.5 Å². The van der Waals surface area contributed by atoms with Gasteiger partial charge in [0.15, 0.2) is 0 Å². The van der Waals surface area contributed by atoms with Gasteiger partial charge in [0.05, 0.1) is 5.57 Å². The second-order valence-electron chi connectivity index (χ2n) is 10.1. The molecule has 1 fully saturated rings. The molecule has 1 amide bonds. The van der Waals surface area contributed by atoms with Gasteiger partial charge in [-0.1, -0.05) is 25.6 Å². The minimum atomic E-state index is -4.73. The first kappa shape index (κ1) is 31.6. The highest BCUT2D eigenvalue weighted by Gasteiger charge is 2.35. The Hall–Kier alpha value is -4.35. The van der Waals surface area contributed by atoms with Crippen LogP contribution in [-0.4, -0.2) is 49.5 Å². The Balaban J connectivity index is 1.32. The van der Waals surface area contributed by atoms with Gasteiger partial charge in [0.2, 0.25) is 0 Å². The Morgan fingerprint density at radius 3 is 1.91 bits per heavy atom. The minimum Gasteiger partial charge on any atom is -0.406 e. The number of allylic oxidation sites excluding steroid dienone is 4. The summed E-state index contributed by atoms with van der Waals surface area (Å²) < 4.78 is 80.5. The van der Waals surface area contributed by atoms with E-state index in [9.17, 15) is 31.1 Å². The highest BCUT2D eigenvalue weighted by Crippen LogP contribution is 2.33. The predicted octanol–water partition coefficient (Wildman–Crippen LogP) is 7.04. The first-order valence-electron chi connectivity index (χ1n) is 13.6. The van der Waals surface area contributed by atoms with Crippen LogP contribution in [0.4, 0.5) is 37.7 Å². The summed E-state index contributed by atoms with van der Waals surface area (Å²) in [4.78, 5) is 18.8. The van der Waals surface area contributed by atoms with Crippen LogP contribution in [0.25, 0.3) is 0 Å². The van der Waals surface area contributed by atoms with E-state index < -0.39 is 24.0 Å². The molecule has 0 spiro atoms. The number of halogens is 6. The van der Waals surface area contributed by atoms with Gasteiger partial charge in [-0.2, -0.15) is 13.2 Å². The average Bonchev–Trinajstić information content (AvgIpc) is 2.96. The third kappa shape index (κ3) is 8.14. The van der Waals surface area contributed by atoms with Crippen molar-refractivity contribution in [3.8, 4) is 5.75 Å². The number of rotatable bonds is 8. The van der Waals surface area contributed by atoms with Crippen molar-refractivity contribution in [3.63, 3.8) is 0 Å². The summed E-state index contributed by atoms with van der Waals surface area (Å²) in [6.45, 7) is 10.3. The normalized spacial score (nSPS) is 16.6. The molecular weight excluding hydrogens is 574 g/mol. The van der Waals surface area contributed by atoms with Gasteiger partial charge < -0.3 is 24.8 Å². The fraction of sp³-hybridized carbons (Fsp3) is 0.323. The Labute approximate surface area is 246 Å². The number of benzene rings is 2. The SMILES string of the molecule is C=C1C=C(C(F)(F)F)C=CN1/C(C(=O)NCc1ccc(N2CCN(c3ccc(OC(F)(F)F)cc3)CC2)cc1)=C(\C)CC. The zero-order valence-electron chi connectivity index (χ0n) is 23.7. The zero-order valence-corrected chi connectivity index (χ0v) is 23.7. The third-order valence-electron chi connectivity index (χ3n) is 7.22. The molecule has 4 rings (SSSR count). The van der Waals surface area contributed by atoms with Crippen LogP contribution < -0.4 is 19.9 Å². The lowest BCUT2D eigenvalue weighted by molar-refractivity contribution is -0.274. The molecule has 2 aromatic rings. The van der Waals surface area contributed by atoms with Gasteiger partial charge in [0, 0.05) is 56.0 Å². The summed E-state index contributed by atoms with van der Waals surface area (Å²) in [6, 6.07) is 13.5. The summed E-state index contributed by atoms with van der Waals surface area (Å²) in [5.41, 5.74) is 2.80. The molecular formula is C31H32F6N4O2. The van der Waals surface area contributed by atoms with Crippen LogP contribution in [0.5, 0.6) is 5.75 Å². The molecule has 2 aliphatic heterocycles. The third-order valence-corrected chi connectivity index (χ3v) is 7.22. The number of hydrogen-bond acceptors (Lipinski definition) is 5. The van der Waals surface area contributed by atoms with Crippen LogP contribution in [0.15, 0.2) is 96.0 Å². The molecule has 43 heavy (non-hydrogen) atoms. The molecule has 0 unspecified atom stereocenters. The van der Waals surface area contributed by atoms with Gasteiger partial charge in [-0.25, -0.2) is 0 Å². The quantitative estimate of drug-likeness (QED) is 0.258. The lowest BCUT2D eigenvalue weighted by Crippen LogP contribution is -2.46. The van der Waals surface area contributed by atoms with Gasteiger partial charge in [0.1, 0.15) is 11.4 Å². The molecule has 0 aromatic heterocycles. The highest BCUT2D eigenvalue weighted by atomic mass is 19.4. The van der Waals surface area contributed by atoms with Crippen LogP contribution in [0.3, 0.4) is 0 Å². The van der Waals surface area contributed by atoms with E-state index in [4.69, 9.17) is 0 Å². The van der Waals surface area contributed by atoms with Crippen molar-refractivity contribution in [2.45, 2.75) is 39.4 Å². The maximum absolute atomic E-state index is 13.2. The predicted molar refractivity (Wildman–Crippen MR) is 153 cm³/mol. The van der Waals surface area contributed by atoms with Crippen LogP contribution in [0.2, 0.25) is 0 Å². The number of ether oxygens (including phenoxy) is 1. The molecule has 12 heteroatoms. The lowest BCUT2D eigenvalue weighted by atomic mass is 10.1. The number of anilines is 2. The summed E-state index contributed by atoms with van der Waals surface area (Å²) >= 11 is 0. The molecule has 0 saturated carbocycles. The van der Waals surface area contributed by atoms with E-state index in [2.05, 4.69) is 26.4 Å². The molecule has 2 heterocycles. The molecule has 0 bridgehead atoms. The number of carbonyl (C=O) groups is 1. The van der Waals surface area contributed by atoms with Crippen molar-refractivity contribution >= 4 is 17.3 Å². The summed E-state index contributed by atoms with van der Waals surface area (Å²) in [5.74, 6) is -0.684. The fourth-order valence-electron chi connectivity index (χ4n) is 4.79. The van der Waals surface area contributed by atoms with E-state index in [0.29, 0.717) is 38.2 Å². The number of piperazine rings is 1. The van der Waals surface area contributed by atoms with Crippen LogP contribution >= 0.6 is 0 Å². The zero-order chi connectivity index (χ0) is 31.4. The number of hydrogen-bond donors (Lipinski definition) is 1. The number of amides is 1. The van der Waals surface area contributed by atoms with Crippen LogP contribution in [0.1, 0.15) is 25.8 Å². The van der Waals surface area contributed by atoms with E-state index in [0.717, 1.165) is 29.1 Å². The van der Waals surface area contributed by atoms with Gasteiger partial charge in [0.25, 0.3) is 5.91 Å². The standard InChI is InChI=1S/C31H32F6N4O2/c1-4-21(2)28(41-14-13-24(19-22(41)3)30(32,33)34)29(42)38-20-23-5-7-25(8-6-23)39-15-17-40(18-16-39)26-9-11-27(12-10-26)43-31(35,36)37/h5-14,19H,3-4,15-18,20H2,1-2H3,(H,38,42)/b28-21+. The first-order valence-corrected chi connectivity index (χ1v) is 13.6.